The van der Waals surface area contributed by atoms with Gasteiger partial charge in [-0.15, -0.1) is 0 Å². The van der Waals surface area contributed by atoms with Crippen LogP contribution in [0.2, 0.25) is 0 Å². The average Bonchev–Trinajstić information content (AvgIpc) is 2.69. The van der Waals surface area contributed by atoms with Crippen LogP contribution < -0.4 is 11.1 Å². The van der Waals surface area contributed by atoms with Crippen molar-refractivity contribution < 1.29 is 18.0 Å². The van der Waals surface area contributed by atoms with Gasteiger partial charge in [-0.05, 0) is 39.7 Å². The zero-order chi connectivity index (χ0) is 15.6. The number of nitrogens with two attached hydrogens (primary N) is 1. The fraction of sp³-hybridized carbons (Fsp3) is 0.923. The molecule has 7 heteroatoms. The summed E-state index contributed by atoms with van der Waals surface area (Å²) in [5.74, 6) is -0.475. The molecule has 2 unspecified atom stereocenters. The van der Waals surface area contributed by atoms with Gasteiger partial charge in [0.2, 0.25) is 5.91 Å². The SMILES string of the molecule is CCN(CC(F)(F)F)C1CCC(NC(C)C)(C(N)=O)C1. The highest BCUT2D eigenvalue weighted by molar-refractivity contribution is 5.85. The van der Waals surface area contributed by atoms with Crippen LogP contribution in [0, 0.1) is 0 Å². The lowest BCUT2D eigenvalue weighted by molar-refractivity contribution is -0.150. The molecule has 0 bridgehead atoms. The van der Waals surface area contributed by atoms with E-state index in [1.165, 1.54) is 4.90 Å². The Morgan fingerprint density at radius 2 is 2.10 bits per heavy atom. The van der Waals surface area contributed by atoms with Crippen LogP contribution in [0.25, 0.3) is 0 Å². The molecule has 0 saturated heterocycles. The summed E-state index contributed by atoms with van der Waals surface area (Å²) in [4.78, 5) is 13.1. The van der Waals surface area contributed by atoms with Crippen molar-refractivity contribution in [2.24, 2.45) is 5.73 Å². The number of hydrogen-bond acceptors (Lipinski definition) is 3. The van der Waals surface area contributed by atoms with Gasteiger partial charge in [-0.25, -0.2) is 0 Å². The number of halogens is 3. The van der Waals surface area contributed by atoms with Gasteiger partial charge in [0.1, 0.15) is 0 Å². The predicted molar refractivity (Wildman–Crippen MR) is 71.1 cm³/mol. The molecule has 0 heterocycles. The second-order valence-corrected chi connectivity index (χ2v) is 5.82. The summed E-state index contributed by atoms with van der Waals surface area (Å²) in [5.41, 5.74) is 4.59. The molecule has 2 atom stereocenters. The highest BCUT2D eigenvalue weighted by Gasteiger charge is 2.47. The summed E-state index contributed by atoms with van der Waals surface area (Å²) in [7, 11) is 0. The van der Waals surface area contributed by atoms with Gasteiger partial charge >= 0.3 is 6.18 Å². The normalized spacial score (nSPS) is 27.5. The van der Waals surface area contributed by atoms with Crippen molar-refractivity contribution in [2.45, 2.75) is 63.8 Å². The molecule has 0 radical (unpaired) electrons. The van der Waals surface area contributed by atoms with Gasteiger partial charge in [0.15, 0.2) is 0 Å². The van der Waals surface area contributed by atoms with Gasteiger partial charge in [0, 0.05) is 12.1 Å². The highest BCUT2D eigenvalue weighted by Crippen LogP contribution is 2.34. The monoisotopic (exact) mass is 295 g/mol. The predicted octanol–water partition coefficient (Wildman–Crippen LogP) is 1.65. The summed E-state index contributed by atoms with van der Waals surface area (Å²) in [5, 5.41) is 3.14. The molecule has 1 amide bonds. The molecular formula is C13H24F3N3O. The van der Waals surface area contributed by atoms with Gasteiger partial charge in [-0.2, -0.15) is 13.2 Å². The van der Waals surface area contributed by atoms with E-state index >= 15 is 0 Å². The van der Waals surface area contributed by atoms with Gasteiger partial charge < -0.3 is 11.1 Å². The van der Waals surface area contributed by atoms with Crippen molar-refractivity contribution in [2.75, 3.05) is 13.1 Å². The Bertz CT molecular complexity index is 346. The van der Waals surface area contributed by atoms with Crippen LogP contribution in [-0.4, -0.2) is 47.7 Å². The van der Waals surface area contributed by atoms with Crippen molar-refractivity contribution in [1.29, 1.82) is 0 Å². The maximum absolute atomic E-state index is 12.6. The highest BCUT2D eigenvalue weighted by atomic mass is 19.4. The topological polar surface area (TPSA) is 58.4 Å². The van der Waals surface area contributed by atoms with E-state index < -0.39 is 24.2 Å². The molecule has 1 aliphatic carbocycles. The number of amides is 1. The fourth-order valence-electron chi connectivity index (χ4n) is 3.04. The Balaban J connectivity index is 2.79. The first-order valence-corrected chi connectivity index (χ1v) is 6.98. The van der Waals surface area contributed by atoms with E-state index in [0.29, 0.717) is 25.8 Å². The van der Waals surface area contributed by atoms with E-state index in [1.54, 1.807) is 6.92 Å². The summed E-state index contributed by atoms with van der Waals surface area (Å²) in [6.07, 6.45) is -2.85. The third kappa shape index (κ3) is 4.34. The number of hydrogen-bond donors (Lipinski definition) is 2. The lowest BCUT2D eigenvalue weighted by atomic mass is 9.95. The molecule has 1 fully saturated rings. The molecule has 0 spiro atoms. The van der Waals surface area contributed by atoms with E-state index in [2.05, 4.69) is 5.32 Å². The number of alkyl halides is 3. The molecule has 4 nitrogen and oxygen atoms in total. The quantitative estimate of drug-likeness (QED) is 0.783. The molecule has 118 valence electrons. The Morgan fingerprint density at radius 3 is 2.50 bits per heavy atom. The molecule has 20 heavy (non-hydrogen) atoms. The third-order valence-corrected chi connectivity index (χ3v) is 3.83. The maximum atomic E-state index is 12.6. The maximum Gasteiger partial charge on any atom is 0.401 e. The van der Waals surface area contributed by atoms with Crippen LogP contribution in [0.4, 0.5) is 13.2 Å². The zero-order valence-electron chi connectivity index (χ0n) is 12.3. The smallest absolute Gasteiger partial charge is 0.368 e. The van der Waals surface area contributed by atoms with Crippen LogP contribution in [0.15, 0.2) is 0 Å². The minimum Gasteiger partial charge on any atom is -0.368 e. The number of nitrogens with one attached hydrogen (secondary N) is 1. The number of nitrogens with zero attached hydrogens (tertiary/aromatic N) is 1. The first-order chi connectivity index (χ1) is 9.09. The van der Waals surface area contributed by atoms with Crippen molar-refractivity contribution in [3.63, 3.8) is 0 Å². The summed E-state index contributed by atoms with van der Waals surface area (Å²) >= 11 is 0. The Morgan fingerprint density at radius 1 is 1.50 bits per heavy atom. The van der Waals surface area contributed by atoms with E-state index in [9.17, 15) is 18.0 Å². The van der Waals surface area contributed by atoms with E-state index in [0.717, 1.165) is 0 Å². The molecule has 0 aromatic carbocycles. The second kappa shape index (κ2) is 6.30. The first kappa shape index (κ1) is 17.2. The lowest BCUT2D eigenvalue weighted by Gasteiger charge is -2.32. The molecular weight excluding hydrogens is 271 g/mol. The Kier molecular flexibility index (Phi) is 5.43. The molecule has 1 aliphatic rings. The average molecular weight is 295 g/mol. The lowest BCUT2D eigenvalue weighted by Crippen LogP contribution is -2.57. The van der Waals surface area contributed by atoms with Crippen molar-refractivity contribution in [1.82, 2.24) is 10.2 Å². The van der Waals surface area contributed by atoms with Gasteiger partial charge in [-0.1, -0.05) is 6.92 Å². The van der Waals surface area contributed by atoms with Gasteiger partial charge in [0.05, 0.1) is 12.1 Å². The van der Waals surface area contributed by atoms with Crippen LogP contribution in [0.1, 0.15) is 40.0 Å². The molecule has 0 aromatic rings. The zero-order valence-corrected chi connectivity index (χ0v) is 12.3. The second-order valence-electron chi connectivity index (χ2n) is 5.82. The summed E-state index contributed by atoms with van der Waals surface area (Å²) in [6, 6.07) is -0.209. The number of primary amides is 1. The molecule has 1 saturated carbocycles. The number of rotatable bonds is 6. The van der Waals surface area contributed by atoms with Crippen LogP contribution >= 0.6 is 0 Å². The minimum atomic E-state index is -4.22. The van der Waals surface area contributed by atoms with Crippen molar-refractivity contribution >= 4 is 5.91 Å². The number of carbonyl (C=O) groups is 1. The Labute approximate surface area is 117 Å². The third-order valence-electron chi connectivity index (χ3n) is 3.83. The number of carbonyl (C=O) groups excluding carboxylic acids is 1. The van der Waals surface area contributed by atoms with Crippen LogP contribution in [-0.2, 0) is 4.79 Å². The minimum absolute atomic E-state index is 0.0546. The summed E-state index contributed by atoms with van der Waals surface area (Å²) < 4.78 is 37.7. The van der Waals surface area contributed by atoms with Gasteiger partial charge in [0.25, 0.3) is 0 Å². The fourth-order valence-corrected chi connectivity index (χ4v) is 3.04. The first-order valence-electron chi connectivity index (χ1n) is 6.98. The Hall–Kier alpha value is -0.820. The molecule has 0 aliphatic heterocycles. The molecule has 0 aromatic heterocycles. The van der Waals surface area contributed by atoms with Gasteiger partial charge in [-0.3, -0.25) is 9.69 Å². The van der Waals surface area contributed by atoms with Crippen LogP contribution in [0.3, 0.4) is 0 Å². The van der Waals surface area contributed by atoms with E-state index in [4.69, 9.17) is 5.73 Å². The standard InChI is InChI=1S/C13H24F3N3O/c1-4-19(8-13(14,15)16)10-5-6-12(7-10,11(17)20)18-9(2)3/h9-10,18H,4-8H2,1-3H3,(H2,17,20). The summed E-state index contributed by atoms with van der Waals surface area (Å²) in [6.45, 7) is 4.86. The van der Waals surface area contributed by atoms with E-state index in [-0.39, 0.29) is 12.1 Å². The largest absolute Gasteiger partial charge is 0.401 e. The van der Waals surface area contributed by atoms with Crippen molar-refractivity contribution in [3.05, 3.63) is 0 Å². The molecule has 3 N–H and O–H groups in total. The molecule has 1 rings (SSSR count). The van der Waals surface area contributed by atoms with Crippen LogP contribution in [0.5, 0.6) is 0 Å². The van der Waals surface area contributed by atoms with Crippen molar-refractivity contribution in [3.8, 4) is 0 Å². The van der Waals surface area contributed by atoms with E-state index in [1.807, 2.05) is 13.8 Å².